The van der Waals surface area contributed by atoms with E-state index in [0.29, 0.717) is 5.89 Å². The van der Waals surface area contributed by atoms with Crippen LogP contribution >= 0.6 is 0 Å². The van der Waals surface area contributed by atoms with Gasteiger partial charge in [-0.3, -0.25) is 0 Å². The Labute approximate surface area is 80.5 Å². The molecule has 2 rings (SSSR count). The second-order valence-corrected chi connectivity index (χ2v) is 3.65. The minimum atomic E-state index is -2.91. The Morgan fingerprint density at radius 3 is 2.93 bits per heavy atom. The summed E-state index contributed by atoms with van der Waals surface area (Å²) in [5.41, 5.74) is -0.278. The lowest BCUT2D eigenvalue weighted by Crippen LogP contribution is -2.10. The highest BCUT2D eigenvalue weighted by Crippen LogP contribution is 2.29. The molecule has 3 nitrogen and oxygen atoms in total. The number of halogens is 2. The fourth-order valence-corrected chi connectivity index (χ4v) is 1.54. The monoisotopic (exact) mass is 202 g/mol. The van der Waals surface area contributed by atoms with E-state index in [2.05, 4.69) is 10.3 Å². The maximum absolute atomic E-state index is 12.8. The van der Waals surface area contributed by atoms with Gasteiger partial charge in [0, 0.05) is 19.4 Å². The molecule has 0 bridgehead atoms. The van der Waals surface area contributed by atoms with Crippen molar-refractivity contribution in [3.8, 4) is 0 Å². The van der Waals surface area contributed by atoms with Crippen molar-refractivity contribution in [3.05, 3.63) is 17.8 Å². The first kappa shape index (κ1) is 9.58. The van der Waals surface area contributed by atoms with Crippen LogP contribution in [0.4, 0.5) is 8.78 Å². The molecule has 1 aliphatic rings. The van der Waals surface area contributed by atoms with Gasteiger partial charge in [0.05, 0.1) is 0 Å². The molecule has 1 N–H and O–H groups in total. The molecule has 0 aliphatic carbocycles. The maximum atomic E-state index is 12.8. The Kier molecular flexibility index (Phi) is 2.26. The average molecular weight is 202 g/mol. The van der Waals surface area contributed by atoms with Crippen molar-refractivity contribution >= 4 is 0 Å². The fourth-order valence-electron chi connectivity index (χ4n) is 1.54. The van der Waals surface area contributed by atoms with E-state index in [1.807, 2.05) is 0 Å². The van der Waals surface area contributed by atoms with Gasteiger partial charge in [0.2, 0.25) is 0 Å². The summed E-state index contributed by atoms with van der Waals surface area (Å²) < 4.78 is 30.7. The summed E-state index contributed by atoms with van der Waals surface area (Å²) in [7, 11) is 0. The van der Waals surface area contributed by atoms with E-state index in [0.717, 1.165) is 32.7 Å². The summed E-state index contributed by atoms with van der Waals surface area (Å²) >= 11 is 0. The minimum Gasteiger partial charge on any atom is -0.448 e. The summed E-state index contributed by atoms with van der Waals surface area (Å²) in [4.78, 5) is 3.81. The fraction of sp³-hybridized carbons (Fsp3) is 0.667. The molecule has 1 unspecified atom stereocenters. The Morgan fingerprint density at radius 2 is 2.43 bits per heavy atom. The largest absolute Gasteiger partial charge is 0.448 e. The van der Waals surface area contributed by atoms with Gasteiger partial charge in [-0.25, -0.2) is 4.98 Å². The van der Waals surface area contributed by atoms with Crippen LogP contribution in [0.15, 0.2) is 10.7 Å². The predicted octanol–water partition coefficient (Wildman–Crippen LogP) is 1.86. The van der Waals surface area contributed by atoms with Crippen LogP contribution in [-0.2, 0) is 5.92 Å². The van der Waals surface area contributed by atoms with Gasteiger partial charge in [0.15, 0.2) is 5.89 Å². The lowest BCUT2D eigenvalue weighted by atomic mass is 10.1. The number of hydrogen-bond acceptors (Lipinski definition) is 3. The van der Waals surface area contributed by atoms with E-state index in [-0.39, 0.29) is 11.6 Å². The molecule has 0 spiro atoms. The van der Waals surface area contributed by atoms with Crippen LogP contribution in [0.3, 0.4) is 0 Å². The molecule has 78 valence electrons. The minimum absolute atomic E-state index is 0.145. The molecule has 1 aromatic heterocycles. The third-order valence-corrected chi connectivity index (χ3v) is 2.38. The highest BCUT2D eigenvalue weighted by Gasteiger charge is 2.30. The number of aromatic nitrogens is 1. The lowest BCUT2D eigenvalue weighted by Gasteiger charge is -2.04. The first-order valence-corrected chi connectivity index (χ1v) is 4.62. The summed E-state index contributed by atoms with van der Waals surface area (Å²) in [6.07, 6.45) is 1.95. The molecular weight excluding hydrogens is 190 g/mol. The number of nitrogens with zero attached hydrogens (tertiary/aromatic N) is 1. The summed E-state index contributed by atoms with van der Waals surface area (Å²) in [5.74, 6) is -2.34. The van der Waals surface area contributed by atoms with Crippen LogP contribution in [0, 0.1) is 0 Å². The Balaban J connectivity index is 2.17. The third kappa shape index (κ3) is 1.77. The predicted molar refractivity (Wildman–Crippen MR) is 46.3 cm³/mol. The molecule has 1 aliphatic heterocycles. The Morgan fingerprint density at radius 1 is 1.64 bits per heavy atom. The molecule has 0 radical (unpaired) electrons. The summed E-state index contributed by atoms with van der Waals surface area (Å²) in [5, 5.41) is 3.13. The second kappa shape index (κ2) is 3.31. The molecule has 0 amide bonds. The highest BCUT2D eigenvalue weighted by atomic mass is 19.3. The van der Waals surface area contributed by atoms with Crippen LogP contribution < -0.4 is 5.32 Å². The van der Waals surface area contributed by atoms with Gasteiger partial charge < -0.3 is 9.73 Å². The van der Waals surface area contributed by atoms with Gasteiger partial charge in [-0.05, 0) is 13.0 Å². The topological polar surface area (TPSA) is 38.1 Å². The Bertz CT molecular complexity index is 313. The van der Waals surface area contributed by atoms with Gasteiger partial charge in [0.25, 0.3) is 5.92 Å². The number of nitrogens with one attached hydrogen (secondary N) is 1. The molecule has 0 saturated carbocycles. The van der Waals surface area contributed by atoms with E-state index in [9.17, 15) is 8.78 Å². The van der Waals surface area contributed by atoms with Gasteiger partial charge in [-0.2, -0.15) is 8.78 Å². The molecule has 0 aromatic carbocycles. The van der Waals surface area contributed by atoms with Crippen molar-refractivity contribution in [2.24, 2.45) is 0 Å². The Hall–Kier alpha value is -0.970. The van der Waals surface area contributed by atoms with E-state index in [1.165, 1.54) is 0 Å². The normalized spacial score (nSPS) is 22.9. The molecule has 2 heterocycles. The van der Waals surface area contributed by atoms with Gasteiger partial charge in [-0.1, -0.05) is 0 Å². The molecule has 1 atom stereocenters. The van der Waals surface area contributed by atoms with Crippen LogP contribution in [0.2, 0.25) is 0 Å². The van der Waals surface area contributed by atoms with Crippen LogP contribution in [0.5, 0.6) is 0 Å². The van der Waals surface area contributed by atoms with E-state index >= 15 is 0 Å². The zero-order chi connectivity index (χ0) is 10.2. The van der Waals surface area contributed by atoms with Gasteiger partial charge in [0.1, 0.15) is 12.0 Å². The van der Waals surface area contributed by atoms with Crippen molar-refractivity contribution < 1.29 is 13.2 Å². The lowest BCUT2D eigenvalue weighted by molar-refractivity contribution is 0.0126. The van der Waals surface area contributed by atoms with E-state index in [1.54, 1.807) is 0 Å². The van der Waals surface area contributed by atoms with E-state index < -0.39 is 5.92 Å². The average Bonchev–Trinajstić information content (AvgIpc) is 2.73. The smallest absolute Gasteiger partial charge is 0.290 e. The SMILES string of the molecule is CC(F)(F)c1coc(C2CCNC2)n1. The first-order chi connectivity index (χ1) is 6.57. The molecule has 1 saturated heterocycles. The van der Waals surface area contributed by atoms with Crippen molar-refractivity contribution in [2.75, 3.05) is 13.1 Å². The van der Waals surface area contributed by atoms with Crippen molar-refractivity contribution in [1.29, 1.82) is 0 Å². The number of rotatable bonds is 2. The zero-order valence-electron chi connectivity index (χ0n) is 7.89. The second-order valence-electron chi connectivity index (χ2n) is 3.65. The van der Waals surface area contributed by atoms with Crippen LogP contribution in [0.25, 0.3) is 0 Å². The van der Waals surface area contributed by atoms with Gasteiger partial charge in [-0.15, -0.1) is 0 Å². The van der Waals surface area contributed by atoms with E-state index in [4.69, 9.17) is 4.42 Å². The maximum Gasteiger partial charge on any atom is 0.290 e. The summed E-state index contributed by atoms with van der Waals surface area (Å²) in [6.45, 7) is 2.47. The van der Waals surface area contributed by atoms with Gasteiger partial charge >= 0.3 is 0 Å². The van der Waals surface area contributed by atoms with Crippen LogP contribution in [-0.4, -0.2) is 18.1 Å². The van der Waals surface area contributed by atoms with Crippen molar-refractivity contribution in [3.63, 3.8) is 0 Å². The summed E-state index contributed by atoms with van der Waals surface area (Å²) in [6, 6.07) is 0. The molecule has 1 fully saturated rings. The standard InChI is InChI=1S/C9H12F2N2O/c1-9(10,11)7-5-14-8(13-7)6-2-3-12-4-6/h5-6,12H,2-4H2,1H3. The van der Waals surface area contributed by atoms with Crippen molar-refractivity contribution in [2.45, 2.75) is 25.2 Å². The number of hydrogen-bond donors (Lipinski definition) is 1. The van der Waals surface area contributed by atoms with Crippen LogP contribution in [0.1, 0.15) is 30.8 Å². The first-order valence-electron chi connectivity index (χ1n) is 4.62. The quantitative estimate of drug-likeness (QED) is 0.795. The molecule has 14 heavy (non-hydrogen) atoms. The molecule has 1 aromatic rings. The molecular formula is C9H12F2N2O. The zero-order valence-corrected chi connectivity index (χ0v) is 7.89. The molecule has 5 heteroatoms. The third-order valence-electron chi connectivity index (χ3n) is 2.38. The number of alkyl halides is 2. The number of oxazole rings is 1. The highest BCUT2D eigenvalue weighted by molar-refractivity contribution is 5.07. The van der Waals surface area contributed by atoms with Crippen molar-refractivity contribution in [1.82, 2.24) is 10.3 Å².